The minimum Gasteiger partial charge on any atom is -0.326 e. The van der Waals surface area contributed by atoms with E-state index in [9.17, 15) is 4.79 Å². The van der Waals surface area contributed by atoms with Crippen molar-refractivity contribution in [3.05, 3.63) is 68.3 Å². The van der Waals surface area contributed by atoms with Gasteiger partial charge in [-0.15, -0.1) is 22.7 Å². The fraction of sp³-hybridized carbons (Fsp3) is 0.333. The Morgan fingerprint density at radius 1 is 1.26 bits per heavy atom. The van der Waals surface area contributed by atoms with E-state index in [1.807, 2.05) is 42.5 Å². The number of amides is 1. The fourth-order valence-electron chi connectivity index (χ4n) is 3.51. The molecule has 0 radical (unpaired) electrons. The predicted molar refractivity (Wildman–Crippen MR) is 112 cm³/mol. The number of nitrogens with one attached hydrogen (secondary N) is 1. The van der Waals surface area contributed by atoms with Crippen molar-refractivity contribution < 1.29 is 4.79 Å². The fourth-order valence-corrected chi connectivity index (χ4v) is 5.19. The number of aromatic nitrogens is 1. The molecule has 4 rings (SSSR count). The minimum absolute atomic E-state index is 0.0163. The molecule has 0 saturated carbocycles. The van der Waals surface area contributed by atoms with Gasteiger partial charge in [0.25, 0.3) is 0 Å². The Hall–Kier alpha value is -2.02. The zero-order chi connectivity index (χ0) is 18.6. The maximum atomic E-state index is 12.3. The molecule has 0 aliphatic carbocycles. The van der Waals surface area contributed by atoms with Gasteiger partial charge in [-0.1, -0.05) is 23.8 Å². The summed E-state index contributed by atoms with van der Waals surface area (Å²) in [5.74, 6) is -0.0163. The summed E-state index contributed by atoms with van der Waals surface area (Å²) in [7, 11) is 0. The summed E-state index contributed by atoms with van der Waals surface area (Å²) in [6.45, 7) is 4.01. The highest BCUT2D eigenvalue weighted by Gasteiger charge is 2.27. The molecule has 1 aliphatic rings. The van der Waals surface area contributed by atoms with Crippen molar-refractivity contribution >= 4 is 34.3 Å². The van der Waals surface area contributed by atoms with Crippen LogP contribution in [0.3, 0.4) is 0 Å². The number of rotatable bonds is 6. The van der Waals surface area contributed by atoms with Crippen LogP contribution in [0.1, 0.15) is 40.0 Å². The smallest absolute Gasteiger partial charge is 0.231 e. The molecule has 1 fully saturated rings. The SMILES string of the molecule is Cc1ccc(NC(=O)Cc2nc(CN3CCC[C@@H]3c3cccs3)cs2)cc1. The average molecular weight is 398 g/mol. The molecule has 1 N–H and O–H groups in total. The summed E-state index contributed by atoms with van der Waals surface area (Å²) < 4.78 is 0. The first kappa shape index (κ1) is 18.3. The van der Waals surface area contributed by atoms with E-state index < -0.39 is 0 Å². The van der Waals surface area contributed by atoms with Gasteiger partial charge >= 0.3 is 0 Å². The van der Waals surface area contributed by atoms with Gasteiger partial charge in [0.05, 0.1) is 12.1 Å². The van der Waals surface area contributed by atoms with Crippen LogP contribution in [-0.4, -0.2) is 22.3 Å². The molecule has 1 aliphatic heterocycles. The summed E-state index contributed by atoms with van der Waals surface area (Å²) in [5.41, 5.74) is 3.08. The molecule has 1 atom stereocenters. The molecular formula is C21H23N3OS2. The third-order valence-corrected chi connectivity index (χ3v) is 6.72. The van der Waals surface area contributed by atoms with Crippen molar-refractivity contribution in [2.24, 2.45) is 0 Å². The molecular weight excluding hydrogens is 374 g/mol. The first-order chi connectivity index (χ1) is 13.2. The molecule has 0 unspecified atom stereocenters. The number of thiazole rings is 1. The molecule has 1 amide bonds. The van der Waals surface area contributed by atoms with Gasteiger partial charge in [0.2, 0.25) is 5.91 Å². The number of hydrogen-bond acceptors (Lipinski definition) is 5. The number of carbonyl (C=O) groups excluding carboxylic acids is 1. The van der Waals surface area contributed by atoms with Crippen LogP contribution < -0.4 is 5.32 Å². The number of thiophene rings is 1. The highest BCUT2D eigenvalue weighted by atomic mass is 32.1. The summed E-state index contributed by atoms with van der Waals surface area (Å²) in [5, 5.41) is 8.07. The van der Waals surface area contributed by atoms with E-state index in [1.54, 1.807) is 11.3 Å². The van der Waals surface area contributed by atoms with Gasteiger partial charge in [-0.05, 0) is 49.9 Å². The molecule has 0 spiro atoms. The standard InChI is InChI=1S/C21H23N3OS2/c1-15-6-8-16(9-7-15)22-20(25)12-21-23-17(14-27-21)13-24-10-2-4-18(24)19-5-3-11-26-19/h3,5-9,11,14,18H,2,4,10,12-13H2,1H3,(H,22,25)/t18-/m1/s1. The van der Waals surface area contributed by atoms with Crippen LogP contribution in [0, 0.1) is 6.92 Å². The second-order valence-electron chi connectivity index (χ2n) is 6.97. The van der Waals surface area contributed by atoms with Crippen LogP contribution in [0.5, 0.6) is 0 Å². The molecule has 140 valence electrons. The molecule has 3 aromatic rings. The first-order valence-corrected chi connectivity index (χ1v) is 11.0. The molecule has 6 heteroatoms. The van der Waals surface area contributed by atoms with Crippen LogP contribution in [0.25, 0.3) is 0 Å². The van der Waals surface area contributed by atoms with Gasteiger partial charge in [0.15, 0.2) is 0 Å². The Bertz CT molecular complexity index is 887. The van der Waals surface area contributed by atoms with Gasteiger partial charge in [0.1, 0.15) is 5.01 Å². The van der Waals surface area contributed by atoms with E-state index in [0.717, 1.165) is 29.5 Å². The Morgan fingerprint density at radius 3 is 2.89 bits per heavy atom. The molecule has 1 saturated heterocycles. The molecule has 3 heterocycles. The second-order valence-corrected chi connectivity index (χ2v) is 8.89. The highest BCUT2D eigenvalue weighted by molar-refractivity contribution is 7.10. The zero-order valence-corrected chi connectivity index (χ0v) is 17.0. The zero-order valence-electron chi connectivity index (χ0n) is 15.4. The third-order valence-electron chi connectivity index (χ3n) is 4.85. The van der Waals surface area contributed by atoms with E-state index in [4.69, 9.17) is 4.98 Å². The van der Waals surface area contributed by atoms with Crippen molar-refractivity contribution in [2.45, 2.75) is 38.8 Å². The van der Waals surface area contributed by atoms with Crippen molar-refractivity contribution in [1.29, 1.82) is 0 Å². The van der Waals surface area contributed by atoms with Crippen LogP contribution in [0.4, 0.5) is 5.69 Å². The summed E-state index contributed by atoms with van der Waals surface area (Å²) in [6.07, 6.45) is 2.78. The third kappa shape index (κ3) is 4.64. The lowest BCUT2D eigenvalue weighted by Crippen LogP contribution is -2.22. The maximum Gasteiger partial charge on any atom is 0.231 e. The number of nitrogens with zero attached hydrogens (tertiary/aromatic N) is 2. The lowest BCUT2D eigenvalue weighted by atomic mass is 10.2. The van der Waals surface area contributed by atoms with E-state index in [1.165, 1.54) is 23.3 Å². The van der Waals surface area contributed by atoms with E-state index >= 15 is 0 Å². The monoisotopic (exact) mass is 397 g/mol. The lowest BCUT2D eigenvalue weighted by molar-refractivity contribution is -0.115. The van der Waals surface area contributed by atoms with Gasteiger partial charge in [-0.3, -0.25) is 9.69 Å². The number of aryl methyl sites for hydroxylation is 1. The Balaban J connectivity index is 1.34. The molecule has 27 heavy (non-hydrogen) atoms. The van der Waals surface area contributed by atoms with Crippen LogP contribution in [-0.2, 0) is 17.8 Å². The lowest BCUT2D eigenvalue weighted by Gasteiger charge is -2.22. The van der Waals surface area contributed by atoms with Gasteiger partial charge in [-0.25, -0.2) is 4.98 Å². The average Bonchev–Trinajstić information content (AvgIpc) is 3.39. The molecule has 1 aromatic carbocycles. The summed E-state index contributed by atoms with van der Waals surface area (Å²) >= 11 is 3.41. The quantitative estimate of drug-likeness (QED) is 0.634. The maximum absolute atomic E-state index is 12.3. The van der Waals surface area contributed by atoms with Crippen molar-refractivity contribution in [1.82, 2.24) is 9.88 Å². The Morgan fingerprint density at radius 2 is 2.11 bits per heavy atom. The predicted octanol–water partition coefficient (Wildman–Crippen LogP) is 5.03. The number of carbonyl (C=O) groups is 1. The number of likely N-dealkylation sites (tertiary alicyclic amines) is 1. The first-order valence-electron chi connectivity index (χ1n) is 9.24. The number of benzene rings is 1. The molecule has 2 aromatic heterocycles. The van der Waals surface area contributed by atoms with E-state index in [2.05, 4.69) is 33.1 Å². The summed E-state index contributed by atoms with van der Waals surface area (Å²) in [4.78, 5) is 20.9. The second kappa shape index (κ2) is 8.33. The summed E-state index contributed by atoms with van der Waals surface area (Å²) in [6, 6.07) is 12.7. The van der Waals surface area contributed by atoms with Crippen molar-refractivity contribution in [2.75, 3.05) is 11.9 Å². The van der Waals surface area contributed by atoms with Crippen molar-refractivity contribution in [3.63, 3.8) is 0 Å². The van der Waals surface area contributed by atoms with Gasteiger partial charge < -0.3 is 5.32 Å². The number of hydrogen-bond donors (Lipinski definition) is 1. The Kier molecular flexibility index (Phi) is 5.66. The van der Waals surface area contributed by atoms with E-state index in [-0.39, 0.29) is 5.91 Å². The number of anilines is 1. The minimum atomic E-state index is -0.0163. The van der Waals surface area contributed by atoms with Crippen LogP contribution in [0.2, 0.25) is 0 Å². The Labute approximate surface area is 167 Å². The highest BCUT2D eigenvalue weighted by Crippen LogP contribution is 2.35. The topological polar surface area (TPSA) is 45.2 Å². The van der Waals surface area contributed by atoms with E-state index in [0.29, 0.717) is 12.5 Å². The van der Waals surface area contributed by atoms with Gasteiger partial charge in [-0.2, -0.15) is 0 Å². The van der Waals surface area contributed by atoms with Crippen LogP contribution in [0.15, 0.2) is 47.2 Å². The van der Waals surface area contributed by atoms with Crippen LogP contribution >= 0.6 is 22.7 Å². The normalized spacial score (nSPS) is 17.3. The largest absolute Gasteiger partial charge is 0.326 e. The molecule has 0 bridgehead atoms. The van der Waals surface area contributed by atoms with Gasteiger partial charge in [0, 0.05) is 28.5 Å². The molecule has 4 nitrogen and oxygen atoms in total. The van der Waals surface area contributed by atoms with Crippen molar-refractivity contribution in [3.8, 4) is 0 Å².